The topological polar surface area (TPSA) is 98.1 Å². The molecule has 0 amide bonds. The Morgan fingerprint density at radius 3 is 2.41 bits per heavy atom. The lowest BCUT2D eigenvalue weighted by Gasteiger charge is -2.25. The molecule has 0 radical (unpaired) electrons. The van der Waals surface area contributed by atoms with Gasteiger partial charge in [0.2, 0.25) is 0 Å². The van der Waals surface area contributed by atoms with Gasteiger partial charge in [-0.05, 0) is 49.1 Å². The number of fused-ring (bicyclic) bond motifs is 1. The summed E-state index contributed by atoms with van der Waals surface area (Å²) in [7, 11) is -7.82. The maximum absolute atomic E-state index is 12.9. The Labute approximate surface area is 174 Å². The van der Waals surface area contributed by atoms with Gasteiger partial charge in [0.1, 0.15) is 4.90 Å². The van der Waals surface area contributed by atoms with Crippen LogP contribution in [-0.2, 0) is 26.4 Å². The molecule has 1 saturated carbocycles. The van der Waals surface area contributed by atoms with Crippen molar-refractivity contribution in [2.24, 2.45) is 5.92 Å². The fourth-order valence-electron chi connectivity index (χ4n) is 3.45. The van der Waals surface area contributed by atoms with Crippen molar-refractivity contribution in [2.45, 2.75) is 35.6 Å². The number of rotatable bonds is 6. The lowest BCUT2D eigenvalue weighted by molar-refractivity contribution is 0.270. The van der Waals surface area contributed by atoms with Gasteiger partial charge in [0, 0.05) is 23.9 Å². The Balaban J connectivity index is 1.68. The third-order valence-electron chi connectivity index (χ3n) is 5.15. The third-order valence-corrected chi connectivity index (χ3v) is 8.15. The molecular weight excluding hydrogens is 434 g/mol. The molecule has 2 aromatic carbocycles. The number of anilines is 1. The van der Waals surface area contributed by atoms with Crippen molar-refractivity contribution in [3.8, 4) is 0 Å². The second kappa shape index (κ2) is 7.30. The molecule has 29 heavy (non-hydrogen) atoms. The van der Waals surface area contributed by atoms with E-state index in [0.29, 0.717) is 16.5 Å². The molecule has 1 aliphatic rings. The van der Waals surface area contributed by atoms with Gasteiger partial charge in [0.05, 0.1) is 10.4 Å². The summed E-state index contributed by atoms with van der Waals surface area (Å²) in [6.07, 6.45) is 4.56. The lowest BCUT2D eigenvalue weighted by Crippen LogP contribution is -2.18. The monoisotopic (exact) mass is 453 g/mol. The van der Waals surface area contributed by atoms with Gasteiger partial charge >= 0.3 is 0 Å². The van der Waals surface area contributed by atoms with Crippen molar-refractivity contribution in [1.29, 1.82) is 0 Å². The molecule has 0 unspecified atom stereocenters. The fraction of sp³-hybridized carbons (Fsp3) is 0.316. The van der Waals surface area contributed by atoms with E-state index in [2.05, 4.69) is 9.82 Å². The van der Waals surface area contributed by atoms with E-state index in [-0.39, 0.29) is 15.5 Å². The molecule has 1 aromatic heterocycles. The summed E-state index contributed by atoms with van der Waals surface area (Å²) in [5.41, 5.74) is 1.12. The Morgan fingerprint density at radius 2 is 1.79 bits per heavy atom. The first-order chi connectivity index (χ1) is 13.6. The minimum absolute atomic E-state index is 0.250. The van der Waals surface area contributed by atoms with Gasteiger partial charge in [-0.3, -0.25) is 9.40 Å². The van der Waals surface area contributed by atoms with E-state index in [1.54, 1.807) is 18.2 Å². The van der Waals surface area contributed by atoms with E-state index in [1.165, 1.54) is 43.5 Å². The van der Waals surface area contributed by atoms with Gasteiger partial charge in [-0.15, -0.1) is 0 Å². The fourth-order valence-corrected chi connectivity index (χ4v) is 6.37. The molecule has 1 aliphatic carbocycles. The van der Waals surface area contributed by atoms with Crippen LogP contribution in [-0.4, -0.2) is 32.9 Å². The highest BCUT2D eigenvalue weighted by atomic mass is 35.5. The molecule has 0 atom stereocenters. The standard InChI is InChI=1S/C19H20ClN3O4S2/c1-28(24,25)17-7-2-3-8-18(17)29(26,27)22-14-9-10-16-15(11-14)19(20)21-23(16)12-13-5-4-6-13/h2-3,7-11,13,22H,4-6,12H2,1H3. The molecule has 4 rings (SSSR count). The van der Waals surface area contributed by atoms with Gasteiger partial charge in [0.25, 0.3) is 10.0 Å². The van der Waals surface area contributed by atoms with E-state index < -0.39 is 19.9 Å². The molecule has 0 spiro atoms. The van der Waals surface area contributed by atoms with E-state index in [0.717, 1.165) is 18.3 Å². The zero-order valence-electron chi connectivity index (χ0n) is 15.7. The van der Waals surface area contributed by atoms with Crippen molar-refractivity contribution in [1.82, 2.24) is 9.78 Å². The number of nitrogens with zero attached hydrogens (tertiary/aromatic N) is 2. The highest BCUT2D eigenvalue weighted by molar-refractivity contribution is 7.95. The SMILES string of the molecule is CS(=O)(=O)c1ccccc1S(=O)(=O)Nc1ccc2c(c1)c(Cl)nn2CC1CCC1. The number of benzene rings is 2. The van der Waals surface area contributed by atoms with Gasteiger partial charge in [-0.1, -0.05) is 30.2 Å². The Kier molecular flexibility index (Phi) is 5.08. The Hall–Kier alpha value is -2.10. The van der Waals surface area contributed by atoms with Gasteiger partial charge in [-0.25, -0.2) is 16.8 Å². The van der Waals surface area contributed by atoms with Crippen molar-refractivity contribution in [3.05, 3.63) is 47.6 Å². The molecule has 1 fully saturated rings. The summed E-state index contributed by atoms with van der Waals surface area (Å²) in [5, 5.41) is 5.32. The summed E-state index contributed by atoms with van der Waals surface area (Å²) in [6.45, 7) is 0.788. The molecule has 7 nitrogen and oxygen atoms in total. The highest BCUT2D eigenvalue weighted by Crippen LogP contribution is 2.32. The van der Waals surface area contributed by atoms with Gasteiger partial charge in [-0.2, -0.15) is 5.10 Å². The number of hydrogen-bond donors (Lipinski definition) is 1. The zero-order chi connectivity index (χ0) is 20.8. The first kappa shape index (κ1) is 20.2. The Morgan fingerprint density at radius 1 is 1.10 bits per heavy atom. The molecule has 3 aromatic rings. The second-order valence-electron chi connectivity index (χ2n) is 7.33. The number of sulfone groups is 1. The molecular formula is C19H20ClN3O4S2. The Bertz CT molecular complexity index is 1300. The first-order valence-corrected chi connectivity index (χ1v) is 12.9. The van der Waals surface area contributed by atoms with Crippen LogP contribution in [0.2, 0.25) is 5.15 Å². The van der Waals surface area contributed by atoms with E-state index in [9.17, 15) is 16.8 Å². The summed E-state index contributed by atoms with van der Waals surface area (Å²) in [4.78, 5) is -0.547. The quantitative estimate of drug-likeness (QED) is 0.613. The van der Waals surface area contributed by atoms with Crippen LogP contribution in [0.5, 0.6) is 0 Å². The van der Waals surface area contributed by atoms with E-state index >= 15 is 0 Å². The van der Waals surface area contributed by atoms with E-state index in [1.807, 2.05) is 4.68 Å². The summed E-state index contributed by atoms with van der Waals surface area (Å²) < 4.78 is 54.0. The van der Waals surface area contributed by atoms with Crippen molar-refractivity contribution in [2.75, 3.05) is 11.0 Å². The van der Waals surface area contributed by atoms with Crippen LogP contribution in [0, 0.1) is 5.92 Å². The van der Waals surface area contributed by atoms with Gasteiger partial charge < -0.3 is 0 Å². The average molecular weight is 454 g/mol. The molecule has 10 heteroatoms. The number of halogens is 1. The van der Waals surface area contributed by atoms with Crippen LogP contribution in [0.3, 0.4) is 0 Å². The van der Waals surface area contributed by atoms with Crippen LogP contribution >= 0.6 is 11.6 Å². The minimum Gasteiger partial charge on any atom is -0.280 e. The number of aromatic nitrogens is 2. The molecule has 154 valence electrons. The van der Waals surface area contributed by atoms with E-state index in [4.69, 9.17) is 11.6 Å². The highest BCUT2D eigenvalue weighted by Gasteiger charge is 2.24. The van der Waals surface area contributed by atoms with Gasteiger partial charge in [0.15, 0.2) is 15.0 Å². The van der Waals surface area contributed by atoms with Crippen molar-refractivity contribution < 1.29 is 16.8 Å². The molecule has 0 bridgehead atoms. The maximum atomic E-state index is 12.9. The minimum atomic E-state index is -4.12. The predicted octanol–water partition coefficient (Wildman–Crippen LogP) is 3.69. The second-order valence-corrected chi connectivity index (χ2v) is 11.3. The van der Waals surface area contributed by atoms with Crippen LogP contribution in [0.1, 0.15) is 19.3 Å². The van der Waals surface area contributed by atoms with Crippen molar-refractivity contribution in [3.63, 3.8) is 0 Å². The molecule has 0 saturated heterocycles. The summed E-state index contributed by atoms with van der Waals surface area (Å²) in [5.74, 6) is 0.597. The van der Waals surface area contributed by atoms with Crippen LogP contribution < -0.4 is 4.72 Å². The van der Waals surface area contributed by atoms with Crippen molar-refractivity contribution >= 4 is 48.1 Å². The number of sulfonamides is 1. The zero-order valence-corrected chi connectivity index (χ0v) is 18.1. The molecule has 0 aliphatic heterocycles. The maximum Gasteiger partial charge on any atom is 0.263 e. The normalized spacial score (nSPS) is 15.4. The van der Waals surface area contributed by atoms with Crippen LogP contribution in [0.4, 0.5) is 5.69 Å². The van der Waals surface area contributed by atoms with Crippen LogP contribution in [0.25, 0.3) is 10.9 Å². The van der Waals surface area contributed by atoms with Crippen LogP contribution in [0.15, 0.2) is 52.3 Å². The molecule has 1 heterocycles. The molecule has 1 N–H and O–H groups in total. The number of nitrogens with one attached hydrogen (secondary N) is 1. The third kappa shape index (κ3) is 3.99. The largest absolute Gasteiger partial charge is 0.280 e. The average Bonchev–Trinajstić information content (AvgIpc) is 2.92. The summed E-state index contributed by atoms with van der Waals surface area (Å²) in [6, 6.07) is 10.5. The predicted molar refractivity (Wildman–Crippen MR) is 112 cm³/mol. The summed E-state index contributed by atoms with van der Waals surface area (Å²) >= 11 is 6.28. The first-order valence-electron chi connectivity index (χ1n) is 9.13. The smallest absolute Gasteiger partial charge is 0.263 e. The number of hydrogen-bond acceptors (Lipinski definition) is 5. The lowest BCUT2D eigenvalue weighted by atomic mass is 9.85.